The zero-order valence-electron chi connectivity index (χ0n) is 13.8. The van der Waals surface area contributed by atoms with Gasteiger partial charge < -0.3 is 15.0 Å². The topological polar surface area (TPSA) is 85.2 Å². The second-order valence-electron chi connectivity index (χ2n) is 5.91. The predicted octanol–water partition coefficient (Wildman–Crippen LogP) is 1.94. The molecular formula is C16H22N6O2. The first-order valence-corrected chi connectivity index (χ1v) is 8.23. The number of tetrazole rings is 1. The van der Waals surface area contributed by atoms with Crippen LogP contribution in [0.4, 0.5) is 10.5 Å². The van der Waals surface area contributed by atoms with E-state index in [0.29, 0.717) is 5.92 Å². The minimum atomic E-state index is -0.0665. The number of nitrogens with one attached hydrogen (secondary N) is 1. The third kappa shape index (κ3) is 4.08. The fraction of sp³-hybridized carbons (Fsp3) is 0.500. The Kier molecular flexibility index (Phi) is 5.37. The lowest BCUT2D eigenvalue weighted by atomic mass is 10.1. The lowest BCUT2D eigenvalue weighted by Gasteiger charge is -2.17. The van der Waals surface area contributed by atoms with E-state index >= 15 is 0 Å². The molecule has 2 heterocycles. The maximum absolute atomic E-state index is 12.3. The van der Waals surface area contributed by atoms with Crippen molar-refractivity contribution in [3.63, 3.8) is 0 Å². The summed E-state index contributed by atoms with van der Waals surface area (Å²) in [6, 6.07) is 7.33. The number of urea groups is 1. The molecule has 1 aromatic heterocycles. The highest BCUT2D eigenvalue weighted by molar-refractivity contribution is 5.89. The number of anilines is 1. The molecule has 24 heavy (non-hydrogen) atoms. The van der Waals surface area contributed by atoms with Gasteiger partial charge in [0.15, 0.2) is 0 Å². The van der Waals surface area contributed by atoms with E-state index in [1.807, 2.05) is 29.2 Å². The van der Waals surface area contributed by atoms with Crippen LogP contribution in [-0.2, 0) is 4.74 Å². The van der Waals surface area contributed by atoms with Crippen LogP contribution in [0.2, 0.25) is 0 Å². The Hall–Kier alpha value is -2.48. The molecule has 0 spiro atoms. The minimum absolute atomic E-state index is 0.0665. The molecule has 8 heteroatoms. The zero-order chi connectivity index (χ0) is 16.8. The van der Waals surface area contributed by atoms with Crippen molar-refractivity contribution in [2.75, 3.05) is 31.6 Å². The molecule has 1 aliphatic heterocycles. The molecule has 1 fully saturated rings. The molecular weight excluding hydrogens is 308 g/mol. The maximum Gasteiger partial charge on any atom is 0.321 e. The van der Waals surface area contributed by atoms with E-state index < -0.39 is 0 Å². The molecule has 1 aliphatic rings. The first kappa shape index (κ1) is 16.4. The van der Waals surface area contributed by atoms with E-state index in [1.165, 1.54) is 6.33 Å². The molecule has 0 aliphatic carbocycles. The summed E-state index contributed by atoms with van der Waals surface area (Å²) >= 11 is 0. The van der Waals surface area contributed by atoms with Crippen LogP contribution in [-0.4, -0.2) is 57.4 Å². The summed E-state index contributed by atoms with van der Waals surface area (Å²) in [5, 5.41) is 14.0. The van der Waals surface area contributed by atoms with E-state index in [-0.39, 0.29) is 6.03 Å². The summed E-state index contributed by atoms with van der Waals surface area (Å²) in [5.74, 6) is 0.435. The van der Waals surface area contributed by atoms with Crippen molar-refractivity contribution in [1.82, 2.24) is 25.1 Å². The first-order valence-electron chi connectivity index (χ1n) is 8.23. The molecule has 3 rings (SSSR count). The van der Waals surface area contributed by atoms with E-state index in [0.717, 1.165) is 50.5 Å². The normalized spacial score (nSPS) is 17.2. The number of benzene rings is 1. The van der Waals surface area contributed by atoms with Crippen LogP contribution in [0.1, 0.15) is 19.8 Å². The van der Waals surface area contributed by atoms with Crippen LogP contribution < -0.4 is 5.32 Å². The van der Waals surface area contributed by atoms with Crippen molar-refractivity contribution in [2.24, 2.45) is 5.92 Å². The summed E-state index contributed by atoms with van der Waals surface area (Å²) < 4.78 is 7.15. The van der Waals surface area contributed by atoms with Gasteiger partial charge in [0.1, 0.15) is 6.33 Å². The monoisotopic (exact) mass is 330 g/mol. The number of nitrogens with zero attached hydrogens (tertiary/aromatic N) is 5. The molecule has 0 saturated carbocycles. The molecule has 1 aromatic carbocycles. The van der Waals surface area contributed by atoms with Gasteiger partial charge in [-0.15, -0.1) is 5.10 Å². The Bertz CT molecular complexity index is 643. The lowest BCUT2D eigenvalue weighted by Crippen LogP contribution is -2.33. The largest absolute Gasteiger partial charge is 0.381 e. The Morgan fingerprint density at radius 2 is 2.21 bits per heavy atom. The smallest absolute Gasteiger partial charge is 0.321 e. The highest BCUT2D eigenvalue weighted by Gasteiger charge is 2.26. The Labute approximate surface area is 140 Å². The van der Waals surface area contributed by atoms with Crippen molar-refractivity contribution >= 4 is 11.7 Å². The number of amides is 2. The molecule has 2 amide bonds. The second kappa shape index (κ2) is 7.87. The SMILES string of the molecule is CCCOC[C@@H]1CCN(C(=O)Nc2ccc(-n3cnnn3)cc2)C1. The van der Waals surface area contributed by atoms with Gasteiger partial charge >= 0.3 is 6.03 Å². The quantitative estimate of drug-likeness (QED) is 0.818. The van der Waals surface area contributed by atoms with Gasteiger partial charge in [-0.3, -0.25) is 0 Å². The van der Waals surface area contributed by atoms with E-state index in [2.05, 4.69) is 27.8 Å². The summed E-state index contributed by atoms with van der Waals surface area (Å²) in [6.45, 7) is 5.14. The number of aromatic nitrogens is 4. The number of carbonyl (C=O) groups excluding carboxylic acids is 1. The van der Waals surface area contributed by atoms with E-state index in [4.69, 9.17) is 4.74 Å². The summed E-state index contributed by atoms with van der Waals surface area (Å²) in [7, 11) is 0. The molecule has 0 bridgehead atoms. The average molecular weight is 330 g/mol. The molecule has 1 saturated heterocycles. The van der Waals surface area contributed by atoms with Gasteiger partial charge in [-0.05, 0) is 47.5 Å². The van der Waals surface area contributed by atoms with Crippen molar-refractivity contribution < 1.29 is 9.53 Å². The third-order valence-corrected chi connectivity index (χ3v) is 4.01. The maximum atomic E-state index is 12.3. The lowest BCUT2D eigenvalue weighted by molar-refractivity contribution is 0.103. The standard InChI is InChI=1S/C16H22N6O2/c1-2-9-24-11-13-7-8-21(10-13)16(23)18-14-3-5-15(6-4-14)22-12-17-19-20-22/h3-6,12-13H,2,7-11H2,1H3,(H,18,23)/t13-/m1/s1. The van der Waals surface area contributed by atoms with Crippen molar-refractivity contribution in [3.8, 4) is 5.69 Å². The van der Waals surface area contributed by atoms with Gasteiger partial charge in [-0.2, -0.15) is 0 Å². The Balaban J connectivity index is 1.50. The van der Waals surface area contributed by atoms with Gasteiger partial charge in [0.05, 0.1) is 12.3 Å². The third-order valence-electron chi connectivity index (χ3n) is 4.01. The average Bonchev–Trinajstić information content (AvgIpc) is 3.28. The number of hydrogen-bond acceptors (Lipinski definition) is 5. The number of carbonyl (C=O) groups is 1. The summed E-state index contributed by atoms with van der Waals surface area (Å²) in [5.41, 5.74) is 1.59. The van der Waals surface area contributed by atoms with Crippen molar-refractivity contribution in [3.05, 3.63) is 30.6 Å². The number of hydrogen-bond donors (Lipinski definition) is 1. The Morgan fingerprint density at radius 3 is 2.92 bits per heavy atom. The van der Waals surface area contributed by atoms with Gasteiger partial charge in [0.25, 0.3) is 0 Å². The van der Waals surface area contributed by atoms with Crippen LogP contribution >= 0.6 is 0 Å². The highest BCUT2D eigenvalue weighted by atomic mass is 16.5. The van der Waals surface area contributed by atoms with Crippen LogP contribution in [0.3, 0.4) is 0 Å². The van der Waals surface area contributed by atoms with Crippen LogP contribution in [0.25, 0.3) is 5.69 Å². The van der Waals surface area contributed by atoms with Crippen LogP contribution in [0, 0.1) is 5.92 Å². The highest BCUT2D eigenvalue weighted by Crippen LogP contribution is 2.19. The fourth-order valence-corrected chi connectivity index (χ4v) is 2.73. The molecule has 1 atom stereocenters. The second-order valence-corrected chi connectivity index (χ2v) is 5.91. The summed E-state index contributed by atoms with van der Waals surface area (Å²) in [4.78, 5) is 14.2. The zero-order valence-corrected chi connectivity index (χ0v) is 13.8. The van der Waals surface area contributed by atoms with Gasteiger partial charge in [-0.25, -0.2) is 9.48 Å². The first-order chi connectivity index (χ1) is 11.8. The summed E-state index contributed by atoms with van der Waals surface area (Å²) in [6.07, 6.45) is 3.55. The minimum Gasteiger partial charge on any atom is -0.381 e. The molecule has 0 unspecified atom stereocenters. The van der Waals surface area contributed by atoms with E-state index in [9.17, 15) is 4.79 Å². The van der Waals surface area contributed by atoms with Crippen LogP contribution in [0.15, 0.2) is 30.6 Å². The van der Waals surface area contributed by atoms with Gasteiger partial charge in [0, 0.05) is 31.3 Å². The molecule has 128 valence electrons. The van der Waals surface area contributed by atoms with Gasteiger partial charge in [0.2, 0.25) is 0 Å². The van der Waals surface area contributed by atoms with Gasteiger partial charge in [-0.1, -0.05) is 6.92 Å². The fourth-order valence-electron chi connectivity index (χ4n) is 2.73. The number of rotatable bonds is 6. The van der Waals surface area contributed by atoms with Crippen molar-refractivity contribution in [1.29, 1.82) is 0 Å². The Morgan fingerprint density at radius 1 is 1.38 bits per heavy atom. The molecule has 0 radical (unpaired) electrons. The predicted molar refractivity (Wildman–Crippen MR) is 89.0 cm³/mol. The molecule has 2 aromatic rings. The number of ether oxygens (including phenoxy) is 1. The van der Waals surface area contributed by atoms with Crippen molar-refractivity contribution in [2.45, 2.75) is 19.8 Å². The van der Waals surface area contributed by atoms with Crippen LogP contribution in [0.5, 0.6) is 0 Å². The molecule has 8 nitrogen and oxygen atoms in total. The van der Waals surface area contributed by atoms with E-state index in [1.54, 1.807) is 4.68 Å². The number of likely N-dealkylation sites (tertiary alicyclic amines) is 1. The molecule has 1 N–H and O–H groups in total.